The van der Waals surface area contributed by atoms with Gasteiger partial charge in [-0.1, -0.05) is 42.5 Å². The molecular weight excluding hydrogens is 224 g/mol. The van der Waals surface area contributed by atoms with Crippen LogP contribution in [0.4, 0.5) is 0 Å². The van der Waals surface area contributed by atoms with Crippen molar-refractivity contribution in [2.45, 2.75) is 19.4 Å². The van der Waals surface area contributed by atoms with Crippen molar-refractivity contribution in [3.05, 3.63) is 59.2 Å². The molecule has 0 unspecified atom stereocenters. The van der Waals surface area contributed by atoms with Gasteiger partial charge in [0.1, 0.15) is 0 Å². The van der Waals surface area contributed by atoms with Crippen molar-refractivity contribution in [1.29, 1.82) is 0 Å². The molecule has 0 bridgehead atoms. The Bertz CT molecular complexity index is 570. The van der Waals surface area contributed by atoms with Crippen LogP contribution in [0.2, 0.25) is 0 Å². The van der Waals surface area contributed by atoms with Crippen molar-refractivity contribution < 1.29 is 4.79 Å². The summed E-state index contributed by atoms with van der Waals surface area (Å²) in [7, 11) is 0. The molecule has 1 amide bonds. The quantitative estimate of drug-likeness (QED) is 0.740. The summed E-state index contributed by atoms with van der Waals surface area (Å²) in [5.41, 5.74) is 2.98. The summed E-state index contributed by atoms with van der Waals surface area (Å²) >= 11 is 0. The summed E-state index contributed by atoms with van der Waals surface area (Å²) in [6.45, 7) is 0.552. The minimum Gasteiger partial charge on any atom is -0.267 e. The molecule has 3 rings (SSSR count). The van der Waals surface area contributed by atoms with E-state index in [1.54, 1.807) is 6.21 Å². The molecule has 1 heterocycles. The van der Waals surface area contributed by atoms with Crippen LogP contribution in [0, 0.1) is 0 Å². The Balaban J connectivity index is 1.82. The fourth-order valence-corrected chi connectivity index (χ4v) is 2.18. The third-order valence-corrected chi connectivity index (χ3v) is 3.19. The van der Waals surface area contributed by atoms with Gasteiger partial charge in [-0.05, 0) is 24.0 Å². The first-order valence-corrected chi connectivity index (χ1v) is 6.15. The molecule has 2 aliphatic rings. The lowest BCUT2D eigenvalue weighted by Gasteiger charge is -2.23. The molecule has 90 valence electrons. The Morgan fingerprint density at radius 1 is 1.22 bits per heavy atom. The highest BCUT2D eigenvalue weighted by Gasteiger charge is 2.20. The molecule has 0 aromatic heterocycles. The summed E-state index contributed by atoms with van der Waals surface area (Å²) in [5.74, 6) is -0.0169. The Morgan fingerprint density at radius 2 is 2.11 bits per heavy atom. The first kappa shape index (κ1) is 11.0. The molecule has 1 aliphatic heterocycles. The zero-order chi connectivity index (χ0) is 12.4. The van der Waals surface area contributed by atoms with Gasteiger partial charge in [-0.25, -0.2) is 5.01 Å². The maximum atomic E-state index is 12.3. The molecule has 18 heavy (non-hydrogen) atoms. The minimum absolute atomic E-state index is 0.0169. The summed E-state index contributed by atoms with van der Waals surface area (Å²) in [5, 5.41) is 5.76. The van der Waals surface area contributed by atoms with Gasteiger partial charge in [0.15, 0.2) is 0 Å². The number of hydrogen-bond acceptors (Lipinski definition) is 2. The lowest BCUT2D eigenvalue weighted by Crippen LogP contribution is -2.29. The van der Waals surface area contributed by atoms with Gasteiger partial charge in [-0.3, -0.25) is 4.79 Å². The third-order valence-electron chi connectivity index (χ3n) is 3.19. The lowest BCUT2D eigenvalue weighted by atomic mass is 10.0. The number of amides is 1. The van der Waals surface area contributed by atoms with Crippen molar-refractivity contribution in [3.63, 3.8) is 0 Å². The van der Waals surface area contributed by atoms with Crippen LogP contribution in [-0.2, 0) is 11.3 Å². The van der Waals surface area contributed by atoms with E-state index in [0.29, 0.717) is 6.54 Å². The van der Waals surface area contributed by atoms with Crippen LogP contribution in [0.1, 0.15) is 24.0 Å². The molecule has 0 saturated carbocycles. The number of carbonyl (C=O) groups excluding carboxylic acids is 1. The molecule has 3 nitrogen and oxygen atoms in total. The molecule has 0 N–H and O–H groups in total. The fourth-order valence-electron chi connectivity index (χ4n) is 2.18. The van der Waals surface area contributed by atoms with Gasteiger partial charge >= 0.3 is 0 Å². The SMILES string of the molecule is O=C(C1=CCCC=C1)N1Cc2ccccc2C=N1. The van der Waals surface area contributed by atoms with Gasteiger partial charge in [0.05, 0.1) is 12.8 Å². The van der Waals surface area contributed by atoms with E-state index in [4.69, 9.17) is 0 Å². The van der Waals surface area contributed by atoms with Gasteiger partial charge in [-0.15, -0.1) is 0 Å². The zero-order valence-electron chi connectivity index (χ0n) is 10.0. The molecule has 3 heteroatoms. The van der Waals surface area contributed by atoms with Gasteiger partial charge in [0.25, 0.3) is 5.91 Å². The van der Waals surface area contributed by atoms with E-state index < -0.39 is 0 Å². The third kappa shape index (κ3) is 1.99. The van der Waals surface area contributed by atoms with Crippen molar-refractivity contribution >= 4 is 12.1 Å². The van der Waals surface area contributed by atoms with Crippen LogP contribution in [0.3, 0.4) is 0 Å². The van der Waals surface area contributed by atoms with Gasteiger partial charge in [0.2, 0.25) is 0 Å². The summed E-state index contributed by atoms with van der Waals surface area (Å²) in [6.07, 6.45) is 9.62. The van der Waals surface area contributed by atoms with Crippen LogP contribution >= 0.6 is 0 Å². The average molecular weight is 238 g/mol. The van der Waals surface area contributed by atoms with Crippen molar-refractivity contribution in [3.8, 4) is 0 Å². The second-order valence-electron chi connectivity index (χ2n) is 4.45. The van der Waals surface area contributed by atoms with Gasteiger partial charge in [-0.2, -0.15) is 5.10 Å². The molecule has 0 atom stereocenters. The van der Waals surface area contributed by atoms with E-state index in [1.165, 1.54) is 5.01 Å². The predicted molar refractivity (Wildman–Crippen MR) is 71.0 cm³/mol. The second-order valence-corrected chi connectivity index (χ2v) is 4.45. The van der Waals surface area contributed by atoms with Crippen LogP contribution in [-0.4, -0.2) is 17.1 Å². The fraction of sp³-hybridized carbons (Fsp3) is 0.200. The van der Waals surface area contributed by atoms with E-state index in [1.807, 2.05) is 42.5 Å². The first-order valence-electron chi connectivity index (χ1n) is 6.15. The van der Waals surface area contributed by atoms with E-state index in [-0.39, 0.29) is 5.91 Å². The Hall–Kier alpha value is -2.16. The summed E-state index contributed by atoms with van der Waals surface area (Å²) in [4.78, 5) is 12.3. The average Bonchev–Trinajstić information content (AvgIpc) is 2.47. The largest absolute Gasteiger partial charge is 0.273 e. The van der Waals surface area contributed by atoms with E-state index >= 15 is 0 Å². The summed E-state index contributed by atoms with van der Waals surface area (Å²) in [6, 6.07) is 8.02. The number of fused-ring (bicyclic) bond motifs is 1. The van der Waals surface area contributed by atoms with E-state index in [0.717, 1.165) is 29.5 Å². The molecule has 0 spiro atoms. The monoisotopic (exact) mass is 238 g/mol. The number of hydrazone groups is 1. The molecule has 0 fully saturated rings. The number of rotatable bonds is 1. The highest BCUT2D eigenvalue weighted by molar-refractivity contribution is 5.97. The second kappa shape index (κ2) is 4.61. The van der Waals surface area contributed by atoms with E-state index in [9.17, 15) is 4.79 Å². The molecule has 0 saturated heterocycles. The number of benzene rings is 1. The van der Waals surface area contributed by atoms with Gasteiger partial charge < -0.3 is 0 Å². The number of allylic oxidation sites excluding steroid dienone is 2. The number of hydrogen-bond donors (Lipinski definition) is 0. The number of nitrogens with zero attached hydrogens (tertiary/aromatic N) is 2. The van der Waals surface area contributed by atoms with Crippen LogP contribution in [0.15, 0.2) is 53.2 Å². The van der Waals surface area contributed by atoms with Crippen LogP contribution in [0.25, 0.3) is 0 Å². The molecule has 1 aromatic carbocycles. The molecular formula is C15H14N2O. The van der Waals surface area contributed by atoms with Crippen molar-refractivity contribution in [2.24, 2.45) is 5.10 Å². The maximum Gasteiger partial charge on any atom is 0.273 e. The maximum absolute atomic E-state index is 12.3. The highest BCUT2D eigenvalue weighted by atomic mass is 16.2. The van der Waals surface area contributed by atoms with Crippen molar-refractivity contribution in [2.75, 3.05) is 0 Å². The predicted octanol–water partition coefficient (Wildman–Crippen LogP) is 2.64. The zero-order valence-corrected chi connectivity index (χ0v) is 10.0. The Morgan fingerprint density at radius 3 is 2.94 bits per heavy atom. The smallest absolute Gasteiger partial charge is 0.267 e. The van der Waals surface area contributed by atoms with Crippen LogP contribution < -0.4 is 0 Å². The van der Waals surface area contributed by atoms with Gasteiger partial charge in [0, 0.05) is 5.57 Å². The van der Waals surface area contributed by atoms with Crippen molar-refractivity contribution in [1.82, 2.24) is 5.01 Å². The normalized spacial score (nSPS) is 17.3. The van der Waals surface area contributed by atoms with E-state index in [2.05, 4.69) is 5.10 Å². The molecule has 1 aliphatic carbocycles. The standard InChI is InChI=1S/C15H14N2O/c18-15(12-6-2-1-3-7-12)17-11-14-9-5-4-8-13(14)10-16-17/h2,4-10H,1,3,11H2. The molecule has 1 aromatic rings. The first-order chi connectivity index (χ1) is 8.84. The topological polar surface area (TPSA) is 32.7 Å². The minimum atomic E-state index is -0.0169. The highest BCUT2D eigenvalue weighted by Crippen LogP contribution is 2.19. The van der Waals surface area contributed by atoms with Crippen LogP contribution in [0.5, 0.6) is 0 Å². The summed E-state index contributed by atoms with van der Waals surface area (Å²) < 4.78 is 0. The lowest BCUT2D eigenvalue weighted by molar-refractivity contribution is -0.127. The Labute approximate surface area is 106 Å². The number of carbonyl (C=O) groups is 1. The Kier molecular flexibility index (Phi) is 2.81. The molecule has 0 radical (unpaired) electrons.